The molecule has 0 heterocycles. The van der Waals surface area contributed by atoms with Gasteiger partial charge in [0, 0.05) is 0 Å². The van der Waals surface area contributed by atoms with Crippen molar-refractivity contribution in [1.82, 2.24) is 0 Å². The van der Waals surface area contributed by atoms with E-state index in [2.05, 4.69) is 45.1 Å². The minimum Gasteiger partial charge on any atom is -0.390 e. The van der Waals surface area contributed by atoms with E-state index in [1.165, 1.54) is 0 Å². The zero-order valence-corrected chi connectivity index (χ0v) is 12.8. The monoisotopic (exact) mass is 274 g/mol. The summed E-state index contributed by atoms with van der Waals surface area (Å²) in [6, 6.07) is 4.21. The van der Waals surface area contributed by atoms with Crippen molar-refractivity contribution in [3.05, 3.63) is 40.5 Å². The first-order chi connectivity index (χ1) is 9.52. The Morgan fingerprint density at radius 3 is 2.60 bits per heavy atom. The number of aryl methyl sites for hydroxylation is 1. The molecule has 1 aromatic carbocycles. The largest absolute Gasteiger partial charge is 0.390 e. The van der Waals surface area contributed by atoms with Crippen LogP contribution < -0.4 is 0 Å². The second-order valence-corrected chi connectivity index (χ2v) is 6.15. The molecule has 0 aromatic heterocycles. The average Bonchev–Trinajstić information content (AvgIpc) is 2.41. The number of fused-ring (bicyclic) bond motifs is 1. The number of hydrogen-bond acceptors (Lipinski definition) is 2. The first-order valence-corrected chi connectivity index (χ1v) is 7.68. The van der Waals surface area contributed by atoms with Crippen molar-refractivity contribution in [3.8, 4) is 0 Å². The van der Waals surface area contributed by atoms with Crippen LogP contribution in [0.3, 0.4) is 0 Å². The Morgan fingerprint density at radius 2 is 1.90 bits per heavy atom. The normalized spacial score (nSPS) is 25.3. The SMILES string of the molecule is Cc1ccc(C(C)C)c2c1/C=C\CCCC[C@H](O)[C@H]2O. The lowest BCUT2D eigenvalue weighted by atomic mass is 9.84. The fraction of sp³-hybridized carbons (Fsp3) is 0.556. The molecule has 2 nitrogen and oxygen atoms in total. The van der Waals surface area contributed by atoms with Crippen LogP contribution in [0.15, 0.2) is 18.2 Å². The number of aliphatic hydroxyl groups excluding tert-OH is 2. The topological polar surface area (TPSA) is 40.5 Å². The van der Waals surface area contributed by atoms with Gasteiger partial charge in [-0.25, -0.2) is 0 Å². The molecule has 2 N–H and O–H groups in total. The molecule has 1 aliphatic rings. The zero-order valence-electron chi connectivity index (χ0n) is 12.8. The highest BCUT2D eigenvalue weighted by atomic mass is 16.3. The molecule has 0 radical (unpaired) electrons. The van der Waals surface area contributed by atoms with Crippen molar-refractivity contribution >= 4 is 6.08 Å². The molecule has 2 rings (SSSR count). The van der Waals surface area contributed by atoms with E-state index in [4.69, 9.17) is 0 Å². The van der Waals surface area contributed by atoms with Gasteiger partial charge in [-0.3, -0.25) is 0 Å². The van der Waals surface area contributed by atoms with Crippen LogP contribution in [0.5, 0.6) is 0 Å². The highest BCUT2D eigenvalue weighted by Crippen LogP contribution is 2.34. The molecular formula is C18H26O2. The highest BCUT2D eigenvalue weighted by molar-refractivity contribution is 5.61. The van der Waals surface area contributed by atoms with Gasteiger partial charge in [0.25, 0.3) is 0 Å². The van der Waals surface area contributed by atoms with Crippen LogP contribution in [0.4, 0.5) is 0 Å². The minimum absolute atomic E-state index is 0.336. The van der Waals surface area contributed by atoms with E-state index in [0.29, 0.717) is 12.3 Å². The smallest absolute Gasteiger partial charge is 0.106 e. The second-order valence-electron chi connectivity index (χ2n) is 6.15. The molecule has 0 saturated heterocycles. The summed E-state index contributed by atoms with van der Waals surface area (Å²) in [6.45, 7) is 6.33. The van der Waals surface area contributed by atoms with Gasteiger partial charge in [-0.1, -0.05) is 44.6 Å². The standard InChI is InChI=1S/C18H26O2/c1-12(2)14-11-10-13(3)15-8-6-4-5-7-9-16(19)18(20)17(14)15/h6,8,10-12,16,18-20H,4-5,7,9H2,1-3H3/b8-6-/t16-,18+/m0/s1. The third-order valence-corrected chi connectivity index (χ3v) is 4.23. The predicted octanol–water partition coefficient (Wildman–Crippen LogP) is 4.10. The molecule has 20 heavy (non-hydrogen) atoms. The van der Waals surface area contributed by atoms with Crippen LogP contribution in [-0.2, 0) is 0 Å². The fourth-order valence-corrected chi connectivity index (χ4v) is 2.98. The van der Waals surface area contributed by atoms with Crippen molar-refractivity contribution in [2.24, 2.45) is 0 Å². The summed E-state index contributed by atoms with van der Waals surface area (Å²) in [7, 11) is 0. The molecule has 0 aliphatic heterocycles. The average molecular weight is 274 g/mol. The molecule has 1 aliphatic carbocycles. The molecule has 1 aromatic rings. The third kappa shape index (κ3) is 3.13. The van der Waals surface area contributed by atoms with Gasteiger partial charge in [-0.05, 0) is 54.4 Å². The van der Waals surface area contributed by atoms with Crippen LogP contribution in [-0.4, -0.2) is 16.3 Å². The Morgan fingerprint density at radius 1 is 1.15 bits per heavy atom. The molecule has 110 valence electrons. The third-order valence-electron chi connectivity index (χ3n) is 4.23. The van der Waals surface area contributed by atoms with Gasteiger partial charge in [0.05, 0.1) is 6.10 Å². The maximum absolute atomic E-state index is 10.6. The quantitative estimate of drug-likeness (QED) is 0.809. The Kier molecular flexibility index (Phi) is 5.00. The lowest BCUT2D eigenvalue weighted by molar-refractivity contribution is 0.0112. The van der Waals surface area contributed by atoms with Crippen molar-refractivity contribution in [2.75, 3.05) is 0 Å². The lowest BCUT2D eigenvalue weighted by Crippen LogP contribution is -2.21. The lowest BCUT2D eigenvalue weighted by Gasteiger charge is -2.26. The zero-order chi connectivity index (χ0) is 14.7. The molecule has 2 heteroatoms. The van der Waals surface area contributed by atoms with Gasteiger partial charge in [0.1, 0.15) is 6.10 Å². The fourth-order valence-electron chi connectivity index (χ4n) is 2.98. The Labute approximate surface area is 122 Å². The first kappa shape index (κ1) is 15.3. The molecule has 0 amide bonds. The second kappa shape index (κ2) is 6.55. The number of rotatable bonds is 1. The summed E-state index contributed by atoms with van der Waals surface area (Å²) in [5.74, 6) is 0.336. The van der Waals surface area contributed by atoms with Gasteiger partial charge in [0.2, 0.25) is 0 Å². The summed E-state index contributed by atoms with van der Waals surface area (Å²) < 4.78 is 0. The van der Waals surface area contributed by atoms with Crippen LogP contribution >= 0.6 is 0 Å². The van der Waals surface area contributed by atoms with Gasteiger partial charge < -0.3 is 10.2 Å². The van der Waals surface area contributed by atoms with Gasteiger partial charge in [-0.2, -0.15) is 0 Å². The maximum Gasteiger partial charge on any atom is 0.106 e. The summed E-state index contributed by atoms with van der Waals surface area (Å²) in [5.41, 5.74) is 4.31. The van der Waals surface area contributed by atoms with E-state index in [-0.39, 0.29) is 0 Å². The summed E-state index contributed by atoms with van der Waals surface area (Å²) >= 11 is 0. The van der Waals surface area contributed by atoms with Crippen molar-refractivity contribution in [1.29, 1.82) is 0 Å². The van der Waals surface area contributed by atoms with E-state index in [9.17, 15) is 10.2 Å². The van der Waals surface area contributed by atoms with Crippen LogP contribution in [0.2, 0.25) is 0 Å². The van der Waals surface area contributed by atoms with E-state index in [1.54, 1.807) is 0 Å². The maximum atomic E-state index is 10.6. The summed E-state index contributed by atoms with van der Waals surface area (Å²) in [5, 5.41) is 20.9. The van der Waals surface area contributed by atoms with Crippen LogP contribution in [0.1, 0.15) is 73.8 Å². The Balaban J connectivity index is 2.61. The molecular weight excluding hydrogens is 248 g/mol. The first-order valence-electron chi connectivity index (χ1n) is 7.68. The van der Waals surface area contributed by atoms with Gasteiger partial charge in [0.15, 0.2) is 0 Å². The molecule has 0 bridgehead atoms. The number of benzene rings is 1. The predicted molar refractivity (Wildman–Crippen MR) is 83.7 cm³/mol. The van der Waals surface area contributed by atoms with Crippen LogP contribution in [0.25, 0.3) is 6.08 Å². The molecule has 2 atom stereocenters. The van der Waals surface area contributed by atoms with E-state index in [0.717, 1.165) is 41.5 Å². The van der Waals surface area contributed by atoms with E-state index < -0.39 is 12.2 Å². The molecule has 0 unspecified atom stereocenters. The van der Waals surface area contributed by atoms with Crippen molar-refractivity contribution < 1.29 is 10.2 Å². The van der Waals surface area contributed by atoms with E-state index in [1.807, 2.05) is 0 Å². The summed E-state index contributed by atoms with van der Waals surface area (Å²) in [4.78, 5) is 0. The highest BCUT2D eigenvalue weighted by Gasteiger charge is 2.25. The van der Waals surface area contributed by atoms with Crippen molar-refractivity contribution in [3.63, 3.8) is 0 Å². The number of aliphatic hydroxyl groups is 2. The summed E-state index contributed by atoms with van der Waals surface area (Å²) in [6.07, 6.45) is 6.59. The van der Waals surface area contributed by atoms with Crippen molar-refractivity contribution in [2.45, 2.75) is 64.6 Å². The van der Waals surface area contributed by atoms with E-state index >= 15 is 0 Å². The number of allylic oxidation sites excluding steroid dienone is 1. The van der Waals surface area contributed by atoms with Crippen LogP contribution in [0, 0.1) is 6.92 Å². The number of hydrogen-bond donors (Lipinski definition) is 2. The molecule has 0 spiro atoms. The minimum atomic E-state index is -0.787. The van der Waals surface area contributed by atoms with Gasteiger partial charge >= 0.3 is 0 Å². The Bertz CT molecular complexity index is 488. The van der Waals surface area contributed by atoms with Gasteiger partial charge in [-0.15, -0.1) is 0 Å². The molecule has 0 fully saturated rings. The molecule has 0 saturated carbocycles. The Hall–Kier alpha value is -1.12.